The van der Waals surface area contributed by atoms with E-state index in [0.29, 0.717) is 26.1 Å². The summed E-state index contributed by atoms with van der Waals surface area (Å²) in [5.74, 6) is -0.709. The quantitative estimate of drug-likeness (QED) is 0.657. The first-order valence-corrected chi connectivity index (χ1v) is 9.81. The van der Waals surface area contributed by atoms with Crippen molar-refractivity contribution in [3.63, 3.8) is 0 Å². The predicted octanol–water partition coefficient (Wildman–Crippen LogP) is 4.15. The largest absolute Gasteiger partial charge is 0.370 e. The van der Waals surface area contributed by atoms with E-state index in [1.165, 1.54) is 12.1 Å². The number of carbonyl (C=O) groups is 1. The van der Waals surface area contributed by atoms with Crippen LogP contribution >= 0.6 is 0 Å². The van der Waals surface area contributed by atoms with Gasteiger partial charge in [-0.25, -0.2) is 4.39 Å². The smallest absolute Gasteiger partial charge is 0.230 e. The zero-order valence-electron chi connectivity index (χ0n) is 16.1. The van der Waals surface area contributed by atoms with Crippen LogP contribution in [0.25, 0.3) is 0 Å². The number of benzene rings is 2. The van der Waals surface area contributed by atoms with E-state index in [9.17, 15) is 9.18 Å². The number of amides is 1. The average Bonchev–Trinajstić information content (AvgIpc) is 2.79. The third-order valence-corrected chi connectivity index (χ3v) is 5.26. The highest BCUT2D eigenvalue weighted by atomic mass is 19.1. The van der Waals surface area contributed by atoms with Crippen molar-refractivity contribution in [2.75, 3.05) is 19.7 Å². The molecule has 0 spiro atoms. The van der Waals surface area contributed by atoms with E-state index in [0.717, 1.165) is 16.8 Å². The van der Waals surface area contributed by atoms with Crippen LogP contribution in [0.2, 0.25) is 0 Å². The van der Waals surface area contributed by atoms with Crippen molar-refractivity contribution in [1.29, 1.82) is 0 Å². The molecule has 0 bridgehead atoms. The van der Waals surface area contributed by atoms with Crippen LogP contribution in [0.4, 0.5) is 4.39 Å². The molecule has 3 aromatic rings. The van der Waals surface area contributed by atoms with Gasteiger partial charge in [0.15, 0.2) is 0 Å². The molecule has 2 aromatic carbocycles. The predicted molar refractivity (Wildman–Crippen MR) is 109 cm³/mol. The van der Waals surface area contributed by atoms with Gasteiger partial charge in [-0.05, 0) is 35.4 Å². The molecule has 1 aliphatic heterocycles. The van der Waals surface area contributed by atoms with E-state index < -0.39 is 5.92 Å². The van der Waals surface area contributed by atoms with Crippen LogP contribution in [0, 0.1) is 5.82 Å². The van der Waals surface area contributed by atoms with Gasteiger partial charge >= 0.3 is 0 Å². The Labute approximate surface area is 170 Å². The van der Waals surface area contributed by atoms with Gasteiger partial charge < -0.3 is 9.64 Å². The minimum atomic E-state index is -0.417. The molecule has 0 N–H and O–H groups in total. The Balaban J connectivity index is 1.57. The normalized spacial score (nSPS) is 17.7. The highest BCUT2D eigenvalue weighted by molar-refractivity contribution is 5.84. The molecule has 148 valence electrons. The molecule has 0 radical (unpaired) electrons. The number of nitrogens with zero attached hydrogens (tertiary/aromatic N) is 2. The van der Waals surface area contributed by atoms with Gasteiger partial charge in [0.05, 0.1) is 19.1 Å². The Morgan fingerprint density at radius 2 is 1.83 bits per heavy atom. The first-order chi connectivity index (χ1) is 14.2. The highest BCUT2D eigenvalue weighted by Crippen LogP contribution is 2.27. The highest BCUT2D eigenvalue weighted by Gasteiger charge is 2.31. The van der Waals surface area contributed by atoms with E-state index in [1.54, 1.807) is 18.3 Å². The number of morpholine rings is 1. The topological polar surface area (TPSA) is 42.4 Å². The molecule has 0 aliphatic carbocycles. The zero-order valence-corrected chi connectivity index (χ0v) is 16.1. The zero-order chi connectivity index (χ0) is 20.1. The van der Waals surface area contributed by atoms with Gasteiger partial charge in [0.25, 0.3) is 0 Å². The van der Waals surface area contributed by atoms with Crippen molar-refractivity contribution in [3.8, 4) is 0 Å². The second-order valence-electron chi connectivity index (χ2n) is 7.18. The van der Waals surface area contributed by atoms with Crippen molar-refractivity contribution in [1.82, 2.24) is 9.88 Å². The lowest BCUT2D eigenvalue weighted by atomic mass is 9.92. The van der Waals surface area contributed by atoms with Gasteiger partial charge in [0, 0.05) is 24.9 Å². The molecular weight excluding hydrogens is 367 g/mol. The van der Waals surface area contributed by atoms with Gasteiger partial charge in [-0.2, -0.15) is 0 Å². The summed E-state index contributed by atoms with van der Waals surface area (Å²) in [6.45, 7) is 1.54. The monoisotopic (exact) mass is 390 g/mol. The maximum Gasteiger partial charge on any atom is 0.230 e. The fraction of sp³-hybridized carbons (Fsp3) is 0.250. The summed E-state index contributed by atoms with van der Waals surface area (Å²) < 4.78 is 19.4. The Morgan fingerprint density at radius 1 is 1.07 bits per heavy atom. The van der Waals surface area contributed by atoms with Gasteiger partial charge in [-0.15, -0.1) is 0 Å². The Kier molecular flexibility index (Phi) is 5.96. The molecule has 1 amide bonds. The summed E-state index contributed by atoms with van der Waals surface area (Å²) in [5.41, 5.74) is 2.70. The summed E-state index contributed by atoms with van der Waals surface area (Å²) in [6.07, 6.45) is 2.05. The Hall–Kier alpha value is -3.05. The van der Waals surface area contributed by atoms with Gasteiger partial charge in [0.1, 0.15) is 11.9 Å². The van der Waals surface area contributed by atoms with E-state index in [-0.39, 0.29) is 17.8 Å². The second-order valence-corrected chi connectivity index (χ2v) is 7.18. The molecule has 5 heteroatoms. The minimum absolute atomic E-state index is 0.0199. The fourth-order valence-electron chi connectivity index (χ4n) is 3.71. The third kappa shape index (κ3) is 4.69. The maximum atomic E-state index is 13.5. The molecule has 29 heavy (non-hydrogen) atoms. The summed E-state index contributed by atoms with van der Waals surface area (Å²) in [4.78, 5) is 19.8. The number of hydrogen-bond donors (Lipinski definition) is 0. The summed E-state index contributed by atoms with van der Waals surface area (Å²) in [7, 11) is 0. The van der Waals surface area contributed by atoms with Crippen LogP contribution in [-0.4, -0.2) is 35.5 Å². The summed E-state index contributed by atoms with van der Waals surface area (Å²) in [5, 5.41) is 0. The number of ether oxygens (including phenoxy) is 1. The summed E-state index contributed by atoms with van der Waals surface area (Å²) in [6, 6.07) is 21.8. The average molecular weight is 390 g/mol. The molecule has 2 atom stereocenters. The first kappa shape index (κ1) is 19.3. The van der Waals surface area contributed by atoms with Crippen LogP contribution < -0.4 is 0 Å². The van der Waals surface area contributed by atoms with Gasteiger partial charge in [-0.1, -0.05) is 48.5 Å². The number of halogens is 1. The second kappa shape index (κ2) is 8.97. The molecule has 4 rings (SSSR count). The number of hydrogen-bond acceptors (Lipinski definition) is 3. The Morgan fingerprint density at radius 3 is 2.55 bits per heavy atom. The van der Waals surface area contributed by atoms with Crippen molar-refractivity contribution >= 4 is 5.91 Å². The summed E-state index contributed by atoms with van der Waals surface area (Å²) >= 11 is 0. The van der Waals surface area contributed by atoms with Crippen LogP contribution in [0.5, 0.6) is 0 Å². The molecule has 2 heterocycles. The molecule has 2 unspecified atom stereocenters. The lowest BCUT2D eigenvalue weighted by Crippen LogP contribution is -2.44. The SMILES string of the molecule is O=C(C(Cc1ccccn1)c1ccc(F)cc1)N1CCOC(c2ccccc2)C1. The van der Waals surface area contributed by atoms with E-state index in [2.05, 4.69) is 4.98 Å². The molecule has 4 nitrogen and oxygen atoms in total. The molecule has 1 saturated heterocycles. The first-order valence-electron chi connectivity index (χ1n) is 9.81. The number of pyridine rings is 1. The third-order valence-electron chi connectivity index (χ3n) is 5.26. The van der Waals surface area contributed by atoms with Gasteiger partial charge in [-0.3, -0.25) is 9.78 Å². The lowest BCUT2D eigenvalue weighted by molar-refractivity contribution is -0.140. The van der Waals surface area contributed by atoms with Crippen molar-refractivity contribution < 1.29 is 13.9 Å². The maximum absolute atomic E-state index is 13.5. The molecule has 0 saturated carbocycles. The lowest BCUT2D eigenvalue weighted by Gasteiger charge is -2.35. The van der Waals surface area contributed by atoms with Crippen LogP contribution in [0.1, 0.15) is 28.8 Å². The number of rotatable bonds is 5. The van der Waals surface area contributed by atoms with E-state index in [4.69, 9.17) is 4.74 Å². The number of aromatic nitrogens is 1. The van der Waals surface area contributed by atoms with Gasteiger partial charge in [0.2, 0.25) is 5.91 Å². The standard InChI is InChI=1S/C24H23FN2O2/c25-20-11-9-18(10-12-20)22(16-21-8-4-5-13-26-21)24(28)27-14-15-29-23(17-27)19-6-2-1-3-7-19/h1-13,22-23H,14-17H2. The molecule has 1 aromatic heterocycles. The molecule has 1 aliphatic rings. The van der Waals surface area contributed by atoms with Crippen LogP contribution in [0.15, 0.2) is 79.0 Å². The van der Waals surface area contributed by atoms with Crippen molar-refractivity contribution in [3.05, 3.63) is 102 Å². The molecular formula is C24H23FN2O2. The van der Waals surface area contributed by atoms with Crippen LogP contribution in [-0.2, 0) is 16.0 Å². The van der Waals surface area contributed by atoms with E-state index in [1.807, 2.05) is 53.4 Å². The van der Waals surface area contributed by atoms with E-state index >= 15 is 0 Å². The van der Waals surface area contributed by atoms with Crippen molar-refractivity contribution in [2.45, 2.75) is 18.4 Å². The molecule has 1 fully saturated rings. The fourth-order valence-corrected chi connectivity index (χ4v) is 3.71. The number of carbonyl (C=O) groups excluding carboxylic acids is 1. The van der Waals surface area contributed by atoms with Crippen LogP contribution in [0.3, 0.4) is 0 Å². The Bertz CT molecular complexity index is 932. The minimum Gasteiger partial charge on any atom is -0.370 e. The van der Waals surface area contributed by atoms with Crippen molar-refractivity contribution in [2.24, 2.45) is 0 Å².